The summed E-state index contributed by atoms with van der Waals surface area (Å²) in [5, 5.41) is 0. The van der Waals surface area contributed by atoms with E-state index >= 15 is 0 Å². The summed E-state index contributed by atoms with van der Waals surface area (Å²) in [5.74, 6) is 0.351. The molecule has 0 heterocycles. The van der Waals surface area contributed by atoms with Crippen molar-refractivity contribution in [1.82, 2.24) is 4.90 Å². The Morgan fingerprint density at radius 2 is 1.68 bits per heavy atom. The summed E-state index contributed by atoms with van der Waals surface area (Å²) in [4.78, 5) is 25.7. The summed E-state index contributed by atoms with van der Waals surface area (Å²) < 4.78 is 10.2. The van der Waals surface area contributed by atoms with Crippen LogP contribution in [0, 0.1) is 6.92 Å². The number of benzene rings is 2. The molecule has 0 N–H and O–H groups in total. The van der Waals surface area contributed by atoms with Crippen molar-refractivity contribution in [2.45, 2.75) is 20.4 Å². The van der Waals surface area contributed by atoms with E-state index in [-0.39, 0.29) is 11.9 Å². The van der Waals surface area contributed by atoms with E-state index in [1.807, 2.05) is 38.1 Å². The number of carbonyl (C=O) groups excluding carboxylic acids is 2. The molecule has 0 spiro atoms. The van der Waals surface area contributed by atoms with Crippen LogP contribution < -0.4 is 4.74 Å². The van der Waals surface area contributed by atoms with Gasteiger partial charge in [0, 0.05) is 19.2 Å². The summed E-state index contributed by atoms with van der Waals surface area (Å²) in [7, 11) is 3.10. The zero-order valence-corrected chi connectivity index (χ0v) is 15.0. The number of nitrogens with zero attached hydrogens (tertiary/aromatic N) is 1. The maximum absolute atomic E-state index is 12.6. The van der Waals surface area contributed by atoms with Crippen molar-refractivity contribution in [2.75, 3.05) is 20.8 Å². The minimum Gasteiger partial charge on any atom is -0.494 e. The van der Waals surface area contributed by atoms with Crippen LogP contribution in [0.5, 0.6) is 5.75 Å². The molecule has 2 rings (SSSR count). The third-order valence-corrected chi connectivity index (χ3v) is 3.86. The van der Waals surface area contributed by atoms with E-state index in [9.17, 15) is 9.59 Å². The van der Waals surface area contributed by atoms with E-state index in [0.29, 0.717) is 24.3 Å². The van der Waals surface area contributed by atoms with E-state index in [2.05, 4.69) is 4.74 Å². The molecule has 5 heteroatoms. The fourth-order valence-corrected chi connectivity index (χ4v) is 2.53. The average molecular weight is 341 g/mol. The zero-order valence-electron chi connectivity index (χ0n) is 15.0. The van der Waals surface area contributed by atoms with Crippen LogP contribution in [0.15, 0.2) is 42.5 Å². The van der Waals surface area contributed by atoms with Gasteiger partial charge in [-0.1, -0.05) is 12.1 Å². The normalized spacial score (nSPS) is 10.2. The minimum atomic E-state index is -0.374. The van der Waals surface area contributed by atoms with Crippen LogP contribution in [-0.2, 0) is 11.3 Å². The molecule has 0 aliphatic carbocycles. The Hall–Kier alpha value is -2.82. The molecule has 0 saturated carbocycles. The van der Waals surface area contributed by atoms with Gasteiger partial charge >= 0.3 is 5.97 Å². The molecule has 0 saturated heterocycles. The first kappa shape index (κ1) is 18.5. The molecule has 0 aliphatic heterocycles. The summed E-state index contributed by atoms with van der Waals surface area (Å²) in [6.45, 7) is 4.90. The first-order chi connectivity index (χ1) is 12.0. The Labute approximate surface area is 148 Å². The lowest BCUT2D eigenvalue weighted by Gasteiger charge is -2.18. The zero-order chi connectivity index (χ0) is 18.4. The van der Waals surface area contributed by atoms with Crippen LogP contribution in [0.4, 0.5) is 0 Å². The molecule has 0 unspecified atom stereocenters. The number of ether oxygens (including phenoxy) is 2. The van der Waals surface area contributed by atoms with Gasteiger partial charge in [-0.2, -0.15) is 0 Å². The molecule has 0 aromatic heterocycles. The van der Waals surface area contributed by atoms with E-state index in [1.54, 1.807) is 30.1 Å². The van der Waals surface area contributed by atoms with Gasteiger partial charge in [0.05, 0.1) is 19.3 Å². The van der Waals surface area contributed by atoms with Crippen LogP contribution >= 0.6 is 0 Å². The number of methoxy groups -OCH3 is 1. The smallest absolute Gasteiger partial charge is 0.337 e. The van der Waals surface area contributed by atoms with E-state index in [1.165, 1.54) is 7.11 Å². The molecular formula is C20H23NO4. The second-order valence-corrected chi connectivity index (χ2v) is 5.76. The topological polar surface area (TPSA) is 55.8 Å². The maximum Gasteiger partial charge on any atom is 0.337 e. The molecule has 25 heavy (non-hydrogen) atoms. The Bertz CT molecular complexity index is 753. The maximum atomic E-state index is 12.6. The predicted molar refractivity (Wildman–Crippen MR) is 95.9 cm³/mol. The van der Waals surface area contributed by atoms with Gasteiger partial charge in [0.25, 0.3) is 5.91 Å². The van der Waals surface area contributed by atoms with Crippen LogP contribution in [-0.4, -0.2) is 37.5 Å². The van der Waals surface area contributed by atoms with Crippen molar-refractivity contribution >= 4 is 11.9 Å². The van der Waals surface area contributed by atoms with Gasteiger partial charge in [-0.05, 0) is 55.3 Å². The predicted octanol–water partition coefficient (Wildman–Crippen LogP) is 3.45. The van der Waals surface area contributed by atoms with Gasteiger partial charge in [-0.25, -0.2) is 4.79 Å². The van der Waals surface area contributed by atoms with E-state index < -0.39 is 0 Å². The Balaban J connectivity index is 2.07. The van der Waals surface area contributed by atoms with Gasteiger partial charge in [0.15, 0.2) is 0 Å². The molecule has 132 valence electrons. The number of carbonyl (C=O) groups is 2. The Morgan fingerprint density at radius 3 is 2.24 bits per heavy atom. The number of esters is 1. The molecule has 2 aromatic rings. The second-order valence-electron chi connectivity index (χ2n) is 5.76. The monoisotopic (exact) mass is 341 g/mol. The van der Waals surface area contributed by atoms with Crippen molar-refractivity contribution in [3.8, 4) is 5.75 Å². The lowest BCUT2D eigenvalue weighted by molar-refractivity contribution is 0.0600. The highest BCUT2D eigenvalue weighted by Crippen LogP contribution is 2.20. The van der Waals surface area contributed by atoms with Crippen molar-refractivity contribution in [3.05, 3.63) is 64.7 Å². The minimum absolute atomic E-state index is 0.0665. The summed E-state index contributed by atoms with van der Waals surface area (Å²) >= 11 is 0. The van der Waals surface area contributed by atoms with Crippen molar-refractivity contribution in [3.63, 3.8) is 0 Å². The van der Waals surface area contributed by atoms with Crippen LogP contribution in [0.2, 0.25) is 0 Å². The summed E-state index contributed by atoms with van der Waals surface area (Å²) in [6.07, 6.45) is 0. The molecule has 0 atom stereocenters. The first-order valence-electron chi connectivity index (χ1n) is 8.12. The Kier molecular flexibility index (Phi) is 6.17. The van der Waals surface area contributed by atoms with Gasteiger partial charge in [0.2, 0.25) is 0 Å². The fraction of sp³-hybridized carbons (Fsp3) is 0.300. The van der Waals surface area contributed by atoms with Gasteiger partial charge < -0.3 is 14.4 Å². The number of rotatable bonds is 6. The Morgan fingerprint density at radius 1 is 1.04 bits per heavy atom. The average Bonchev–Trinajstić information content (AvgIpc) is 2.62. The van der Waals surface area contributed by atoms with Gasteiger partial charge in [-0.15, -0.1) is 0 Å². The largest absolute Gasteiger partial charge is 0.494 e. The number of hydrogen-bond donors (Lipinski definition) is 0. The molecule has 0 aliphatic rings. The van der Waals surface area contributed by atoms with Gasteiger partial charge in [-0.3, -0.25) is 4.79 Å². The third kappa shape index (κ3) is 4.59. The molecule has 5 nitrogen and oxygen atoms in total. The quantitative estimate of drug-likeness (QED) is 0.755. The van der Waals surface area contributed by atoms with Gasteiger partial charge in [0.1, 0.15) is 5.75 Å². The SMILES string of the molecule is CCOc1ccc(C(=O)N(C)Cc2ccc(C(=O)OC)cc2)cc1C. The summed E-state index contributed by atoms with van der Waals surface area (Å²) in [5.41, 5.74) is 2.98. The number of hydrogen-bond acceptors (Lipinski definition) is 4. The molecule has 1 amide bonds. The molecule has 0 bridgehead atoms. The van der Waals surface area contributed by atoms with Crippen LogP contribution in [0.1, 0.15) is 38.8 Å². The lowest BCUT2D eigenvalue weighted by atomic mass is 10.1. The van der Waals surface area contributed by atoms with Crippen LogP contribution in [0.25, 0.3) is 0 Å². The molecule has 0 fully saturated rings. The van der Waals surface area contributed by atoms with Crippen LogP contribution in [0.3, 0.4) is 0 Å². The number of aryl methyl sites for hydroxylation is 1. The van der Waals surface area contributed by atoms with Crippen molar-refractivity contribution in [1.29, 1.82) is 0 Å². The molecular weight excluding hydrogens is 318 g/mol. The lowest BCUT2D eigenvalue weighted by Crippen LogP contribution is -2.26. The highest BCUT2D eigenvalue weighted by atomic mass is 16.5. The fourth-order valence-electron chi connectivity index (χ4n) is 2.53. The summed E-state index contributed by atoms with van der Waals surface area (Å²) in [6, 6.07) is 12.5. The molecule has 0 radical (unpaired) electrons. The highest BCUT2D eigenvalue weighted by Gasteiger charge is 2.14. The third-order valence-electron chi connectivity index (χ3n) is 3.86. The molecule has 2 aromatic carbocycles. The van der Waals surface area contributed by atoms with E-state index in [0.717, 1.165) is 16.9 Å². The van der Waals surface area contributed by atoms with E-state index in [4.69, 9.17) is 4.74 Å². The first-order valence-corrected chi connectivity index (χ1v) is 8.12. The standard InChI is InChI=1S/C20H23NO4/c1-5-25-18-11-10-17(12-14(18)2)19(22)21(3)13-15-6-8-16(9-7-15)20(23)24-4/h6-12H,5,13H2,1-4H3. The van der Waals surface area contributed by atoms with Crippen molar-refractivity contribution in [2.24, 2.45) is 0 Å². The number of amides is 1. The highest BCUT2D eigenvalue weighted by molar-refractivity contribution is 5.94. The van der Waals surface area contributed by atoms with Crippen molar-refractivity contribution < 1.29 is 19.1 Å². The second kappa shape index (κ2) is 8.33.